The summed E-state index contributed by atoms with van der Waals surface area (Å²) in [5.41, 5.74) is 1.15. The number of rotatable bonds is 3. The Hall–Kier alpha value is -1.88. The van der Waals surface area contributed by atoms with E-state index in [1.165, 1.54) is 4.68 Å². The van der Waals surface area contributed by atoms with Gasteiger partial charge in [0.2, 0.25) is 0 Å². The highest BCUT2D eigenvalue weighted by Crippen LogP contribution is 2.45. The highest BCUT2D eigenvalue weighted by Gasteiger charge is 2.46. The standard InChI is InChI=1S/C13H13ClN4O/c1-18-8-11(16-17-18)12(19)15-13(6-7-13)9-2-4-10(14)5-3-9/h2-5,8H,6-7H2,1H3,(H,15,19). The van der Waals surface area contributed by atoms with Crippen LogP contribution in [0.2, 0.25) is 5.02 Å². The number of hydrogen-bond acceptors (Lipinski definition) is 3. The highest BCUT2D eigenvalue weighted by atomic mass is 35.5. The molecule has 1 amide bonds. The lowest BCUT2D eigenvalue weighted by Crippen LogP contribution is -2.35. The molecule has 1 N–H and O–H groups in total. The van der Waals surface area contributed by atoms with Crippen molar-refractivity contribution >= 4 is 17.5 Å². The minimum atomic E-state index is -0.265. The fourth-order valence-electron chi connectivity index (χ4n) is 2.11. The Morgan fingerprint density at radius 3 is 2.58 bits per heavy atom. The maximum atomic E-state index is 12.1. The third-order valence-electron chi connectivity index (χ3n) is 3.33. The molecule has 0 radical (unpaired) electrons. The van der Waals surface area contributed by atoms with E-state index in [-0.39, 0.29) is 11.4 Å². The summed E-state index contributed by atoms with van der Waals surface area (Å²) in [7, 11) is 1.73. The molecular weight excluding hydrogens is 264 g/mol. The topological polar surface area (TPSA) is 59.8 Å². The van der Waals surface area contributed by atoms with E-state index in [1.807, 2.05) is 24.3 Å². The third kappa shape index (κ3) is 2.33. The zero-order valence-corrected chi connectivity index (χ0v) is 11.2. The minimum absolute atomic E-state index is 0.194. The third-order valence-corrected chi connectivity index (χ3v) is 3.59. The fraction of sp³-hybridized carbons (Fsp3) is 0.308. The molecule has 1 heterocycles. The van der Waals surface area contributed by atoms with Gasteiger partial charge in [0.25, 0.3) is 5.91 Å². The van der Waals surface area contributed by atoms with Crippen molar-refractivity contribution in [2.24, 2.45) is 7.05 Å². The van der Waals surface area contributed by atoms with Crippen molar-refractivity contribution in [3.63, 3.8) is 0 Å². The lowest BCUT2D eigenvalue weighted by Gasteiger charge is -2.17. The molecule has 5 nitrogen and oxygen atoms in total. The summed E-state index contributed by atoms with van der Waals surface area (Å²) in [5.74, 6) is -0.194. The van der Waals surface area contributed by atoms with Crippen LogP contribution in [0.15, 0.2) is 30.5 Å². The first-order valence-electron chi connectivity index (χ1n) is 6.04. The molecular formula is C13H13ClN4O. The van der Waals surface area contributed by atoms with Crippen molar-refractivity contribution in [1.29, 1.82) is 0 Å². The number of benzene rings is 1. The monoisotopic (exact) mass is 276 g/mol. The molecule has 0 aliphatic heterocycles. The van der Waals surface area contributed by atoms with Crippen molar-refractivity contribution in [2.75, 3.05) is 0 Å². The minimum Gasteiger partial charge on any atom is -0.341 e. The molecule has 0 atom stereocenters. The van der Waals surface area contributed by atoms with E-state index >= 15 is 0 Å². The Bertz CT molecular complexity index is 616. The Kier molecular flexibility index (Phi) is 2.78. The first kappa shape index (κ1) is 12.2. The summed E-state index contributed by atoms with van der Waals surface area (Å²) in [5, 5.41) is 11.3. The second kappa shape index (κ2) is 4.35. The highest BCUT2D eigenvalue weighted by molar-refractivity contribution is 6.30. The Morgan fingerprint density at radius 2 is 2.05 bits per heavy atom. The SMILES string of the molecule is Cn1cc(C(=O)NC2(c3ccc(Cl)cc3)CC2)nn1. The second-order valence-corrected chi connectivity index (χ2v) is 5.26. The average molecular weight is 277 g/mol. The number of amides is 1. The fourth-order valence-corrected chi connectivity index (χ4v) is 2.24. The molecule has 0 saturated heterocycles. The number of nitrogens with zero attached hydrogens (tertiary/aromatic N) is 3. The van der Waals surface area contributed by atoms with Gasteiger partial charge in [-0.1, -0.05) is 28.9 Å². The van der Waals surface area contributed by atoms with Gasteiger partial charge in [-0.25, -0.2) is 0 Å². The summed E-state index contributed by atoms with van der Waals surface area (Å²) < 4.78 is 1.51. The van der Waals surface area contributed by atoms with Crippen LogP contribution in [0.3, 0.4) is 0 Å². The summed E-state index contributed by atoms with van der Waals surface area (Å²) in [6, 6.07) is 7.58. The van der Waals surface area contributed by atoms with Crippen LogP contribution in [0.25, 0.3) is 0 Å². The number of carbonyl (C=O) groups excluding carboxylic acids is 1. The van der Waals surface area contributed by atoms with Gasteiger partial charge in [0, 0.05) is 12.1 Å². The van der Waals surface area contributed by atoms with Crippen molar-refractivity contribution in [2.45, 2.75) is 18.4 Å². The Balaban J connectivity index is 1.79. The first-order chi connectivity index (χ1) is 9.09. The molecule has 19 heavy (non-hydrogen) atoms. The lowest BCUT2D eigenvalue weighted by molar-refractivity contribution is 0.0925. The zero-order valence-electron chi connectivity index (χ0n) is 10.4. The van der Waals surface area contributed by atoms with Crippen molar-refractivity contribution in [3.05, 3.63) is 46.7 Å². The van der Waals surface area contributed by atoms with E-state index in [1.54, 1.807) is 13.2 Å². The first-order valence-corrected chi connectivity index (χ1v) is 6.42. The summed E-state index contributed by atoms with van der Waals surface area (Å²) in [6.45, 7) is 0. The van der Waals surface area contributed by atoms with Crippen molar-refractivity contribution < 1.29 is 4.79 Å². The maximum absolute atomic E-state index is 12.1. The number of nitrogens with one attached hydrogen (secondary N) is 1. The molecule has 3 rings (SSSR count). The molecule has 2 aromatic rings. The molecule has 1 fully saturated rings. The van der Waals surface area contributed by atoms with Gasteiger partial charge in [0.05, 0.1) is 11.7 Å². The van der Waals surface area contributed by atoms with Crippen LogP contribution in [-0.4, -0.2) is 20.9 Å². The Labute approximate surface area is 115 Å². The smallest absolute Gasteiger partial charge is 0.274 e. The number of hydrogen-bond donors (Lipinski definition) is 1. The van der Waals surface area contributed by atoms with E-state index in [0.717, 1.165) is 18.4 Å². The van der Waals surface area contributed by atoms with E-state index in [4.69, 9.17) is 11.6 Å². The maximum Gasteiger partial charge on any atom is 0.274 e. The molecule has 0 unspecified atom stereocenters. The van der Waals surface area contributed by atoms with Gasteiger partial charge in [-0.3, -0.25) is 9.48 Å². The molecule has 1 aromatic carbocycles. The van der Waals surface area contributed by atoms with Gasteiger partial charge in [0.15, 0.2) is 5.69 Å². The second-order valence-electron chi connectivity index (χ2n) is 4.82. The summed E-state index contributed by atoms with van der Waals surface area (Å²) in [6.07, 6.45) is 3.47. The number of carbonyl (C=O) groups is 1. The van der Waals surface area contributed by atoms with Crippen LogP contribution in [0.4, 0.5) is 0 Å². The van der Waals surface area contributed by atoms with Crippen LogP contribution in [0.5, 0.6) is 0 Å². The molecule has 1 aromatic heterocycles. The van der Waals surface area contributed by atoms with Gasteiger partial charge in [0.1, 0.15) is 0 Å². The molecule has 1 aliphatic carbocycles. The zero-order chi connectivity index (χ0) is 13.5. The molecule has 6 heteroatoms. The number of aromatic nitrogens is 3. The van der Waals surface area contributed by atoms with Crippen LogP contribution < -0.4 is 5.32 Å². The number of aryl methyl sites for hydroxylation is 1. The van der Waals surface area contributed by atoms with E-state index in [0.29, 0.717) is 10.7 Å². The van der Waals surface area contributed by atoms with Gasteiger partial charge >= 0.3 is 0 Å². The van der Waals surface area contributed by atoms with Crippen LogP contribution in [0, 0.1) is 0 Å². The lowest BCUT2D eigenvalue weighted by atomic mass is 10.0. The van der Waals surface area contributed by atoms with Crippen LogP contribution in [-0.2, 0) is 12.6 Å². The van der Waals surface area contributed by atoms with E-state index in [9.17, 15) is 4.79 Å². The van der Waals surface area contributed by atoms with Crippen LogP contribution in [0.1, 0.15) is 28.9 Å². The van der Waals surface area contributed by atoms with Crippen LogP contribution >= 0.6 is 11.6 Å². The predicted octanol–water partition coefficient (Wildman–Crippen LogP) is 1.89. The van der Waals surface area contributed by atoms with Crippen molar-refractivity contribution in [3.8, 4) is 0 Å². The van der Waals surface area contributed by atoms with Gasteiger partial charge < -0.3 is 5.32 Å². The van der Waals surface area contributed by atoms with E-state index in [2.05, 4.69) is 15.6 Å². The molecule has 0 bridgehead atoms. The Morgan fingerprint density at radius 1 is 1.37 bits per heavy atom. The van der Waals surface area contributed by atoms with Gasteiger partial charge in [-0.05, 0) is 30.5 Å². The molecule has 98 valence electrons. The molecule has 1 aliphatic rings. The predicted molar refractivity (Wildman–Crippen MR) is 70.8 cm³/mol. The quantitative estimate of drug-likeness (QED) is 0.931. The van der Waals surface area contributed by atoms with Gasteiger partial charge in [-0.15, -0.1) is 5.10 Å². The van der Waals surface area contributed by atoms with Gasteiger partial charge in [-0.2, -0.15) is 0 Å². The average Bonchev–Trinajstić information content (AvgIpc) is 3.03. The molecule has 1 saturated carbocycles. The summed E-state index contributed by atoms with van der Waals surface area (Å²) in [4.78, 5) is 12.1. The number of halogens is 1. The normalized spacial score (nSPS) is 16.1. The molecule has 0 spiro atoms. The summed E-state index contributed by atoms with van der Waals surface area (Å²) >= 11 is 5.88. The largest absolute Gasteiger partial charge is 0.341 e. The van der Waals surface area contributed by atoms with Crippen molar-refractivity contribution in [1.82, 2.24) is 20.3 Å². The van der Waals surface area contributed by atoms with E-state index < -0.39 is 0 Å².